The summed E-state index contributed by atoms with van der Waals surface area (Å²) in [4.78, 5) is 59.5. The van der Waals surface area contributed by atoms with E-state index in [9.17, 15) is 44.4 Å². The van der Waals surface area contributed by atoms with Crippen molar-refractivity contribution >= 4 is 76.2 Å². The molecule has 2 aromatic carbocycles. The number of aliphatic carboxylic acids is 1. The number of benzene rings is 2. The minimum absolute atomic E-state index is 0.0783. The number of hydrogen-bond acceptors (Lipinski definition) is 13. The minimum Gasteiger partial charge on any atom is -0.477 e. The fourth-order valence-corrected chi connectivity index (χ4v) is 7.39. The Hall–Kier alpha value is -4.04. The molecule has 1 saturated heterocycles. The molecule has 0 unspecified atom stereocenters. The number of tetrazole rings is 1. The van der Waals surface area contributed by atoms with Crippen LogP contribution in [0.25, 0.3) is 0 Å². The second-order valence-corrected chi connectivity index (χ2v) is 14.2. The SMILES string of the molecule is CC(=O)c1ccc([C@@H](O)[C@@H](CO)NC(=O)C(Cl)Cl)cc1.Cn1nnnc1SCC1=C(C(=O)O)N2C(=O)[C@@H](NC(=O)[C@H](O)c3ccccc3)[C@H]2SC1. The van der Waals surface area contributed by atoms with Gasteiger partial charge >= 0.3 is 5.97 Å². The molecule has 20 heteroatoms. The van der Waals surface area contributed by atoms with E-state index in [0.29, 0.717) is 38.9 Å². The standard InChI is InChI=1S/C18H18N6O5S2.C13H15Cl2NO4/c1-23-18(20-21-22-23)31-8-10-7-30-16-11(15(27)24(16)12(10)17(28)29)19-14(26)13(25)9-5-3-2-4-6-9;1-7(18)8-2-4-9(5-3-8)11(19)10(6-17)16-13(20)12(14)15/h2-6,11,13,16,25H,7-8H2,1H3,(H,19,26)(H,28,29);2-5,10-12,17,19H,6H2,1H3,(H,16,20)/t11-,13-,16-;10-,11-/m11/s1. The Morgan fingerprint density at radius 2 is 1.71 bits per heavy atom. The van der Waals surface area contributed by atoms with E-state index in [-0.39, 0.29) is 11.5 Å². The number of nitrogens with one attached hydrogen (secondary N) is 2. The van der Waals surface area contributed by atoms with Crippen LogP contribution >= 0.6 is 46.7 Å². The van der Waals surface area contributed by atoms with Gasteiger partial charge in [-0.25, -0.2) is 9.48 Å². The van der Waals surface area contributed by atoms with E-state index in [1.165, 1.54) is 40.0 Å². The first-order chi connectivity index (χ1) is 24.2. The predicted molar refractivity (Wildman–Crippen MR) is 187 cm³/mol. The maximum Gasteiger partial charge on any atom is 0.352 e. The number of carbonyl (C=O) groups excluding carboxylic acids is 4. The van der Waals surface area contributed by atoms with Gasteiger partial charge < -0.3 is 31.1 Å². The first kappa shape index (κ1) is 39.7. The third kappa shape index (κ3) is 9.65. The molecule has 3 aromatic rings. The van der Waals surface area contributed by atoms with E-state index in [0.717, 1.165) is 0 Å². The van der Waals surface area contributed by atoms with Crippen LogP contribution < -0.4 is 10.6 Å². The second kappa shape index (κ2) is 17.9. The van der Waals surface area contributed by atoms with Crippen molar-refractivity contribution in [3.05, 3.63) is 82.6 Å². The fourth-order valence-electron chi connectivity index (χ4n) is 4.93. The molecule has 3 amide bonds. The second-order valence-electron chi connectivity index (χ2n) is 11.1. The average molecular weight is 783 g/mol. The van der Waals surface area contributed by atoms with Crippen molar-refractivity contribution in [3.8, 4) is 0 Å². The van der Waals surface area contributed by atoms with E-state index in [1.807, 2.05) is 0 Å². The maximum absolute atomic E-state index is 12.7. The Balaban J connectivity index is 0.000000253. The Kier molecular flexibility index (Phi) is 14.0. The van der Waals surface area contributed by atoms with Crippen LogP contribution in [0, 0.1) is 0 Å². The lowest BCUT2D eigenvalue weighted by Crippen LogP contribution is -2.70. The van der Waals surface area contributed by atoms with Crippen LogP contribution in [0.4, 0.5) is 0 Å². The number of Topliss-reactive ketones (excluding diaryl/α,β-unsaturated/α-hetero) is 1. The molecule has 0 bridgehead atoms. The molecule has 0 radical (unpaired) electrons. The highest BCUT2D eigenvalue weighted by atomic mass is 35.5. The van der Waals surface area contributed by atoms with Gasteiger partial charge in [-0.1, -0.05) is 89.6 Å². The summed E-state index contributed by atoms with van der Waals surface area (Å²) >= 11 is 13.4. The molecule has 2 aliphatic heterocycles. The zero-order valence-electron chi connectivity index (χ0n) is 26.9. The van der Waals surface area contributed by atoms with Gasteiger partial charge in [0.1, 0.15) is 23.2 Å². The number of carboxylic acid groups (broad SMARTS) is 1. The fraction of sp³-hybridized carbons (Fsp3) is 0.355. The normalized spacial score (nSPS) is 18.4. The molecule has 51 heavy (non-hydrogen) atoms. The van der Waals surface area contributed by atoms with Crippen molar-refractivity contribution in [2.24, 2.45) is 7.05 Å². The van der Waals surface area contributed by atoms with Crippen LogP contribution in [0.15, 0.2) is 71.0 Å². The zero-order valence-corrected chi connectivity index (χ0v) is 30.1. The van der Waals surface area contributed by atoms with Gasteiger partial charge in [0.25, 0.3) is 17.7 Å². The van der Waals surface area contributed by atoms with E-state index in [4.69, 9.17) is 23.2 Å². The number of rotatable bonds is 13. The topological polar surface area (TPSA) is 237 Å². The number of hydrogen-bond donors (Lipinski definition) is 6. The number of alkyl halides is 2. The van der Waals surface area contributed by atoms with Crippen molar-refractivity contribution in [2.75, 3.05) is 18.1 Å². The molecule has 0 saturated carbocycles. The molecule has 5 rings (SSSR count). The number of β-lactam (4-membered cyclic amide) rings is 1. The molecule has 5 atom stereocenters. The summed E-state index contributed by atoms with van der Waals surface area (Å²) in [6.45, 7) is 0.950. The highest BCUT2D eigenvalue weighted by molar-refractivity contribution is 8.01. The largest absolute Gasteiger partial charge is 0.477 e. The molecule has 3 heterocycles. The van der Waals surface area contributed by atoms with Gasteiger partial charge in [0.15, 0.2) is 16.7 Å². The predicted octanol–water partition coefficient (Wildman–Crippen LogP) is 0.978. The van der Waals surface area contributed by atoms with Gasteiger partial charge in [0, 0.05) is 24.1 Å². The lowest BCUT2D eigenvalue weighted by atomic mass is 10.0. The average Bonchev–Trinajstić information content (AvgIpc) is 3.55. The molecule has 272 valence electrons. The Bertz CT molecular complexity index is 1780. The van der Waals surface area contributed by atoms with E-state index < -0.39 is 64.8 Å². The maximum atomic E-state index is 12.7. The molecular formula is C31H33Cl2N7O9S2. The van der Waals surface area contributed by atoms with Crippen LogP contribution in [0.3, 0.4) is 0 Å². The minimum atomic E-state index is -1.42. The quantitative estimate of drug-likeness (QED) is 0.0614. The van der Waals surface area contributed by atoms with Gasteiger partial charge in [0.05, 0.1) is 12.6 Å². The summed E-state index contributed by atoms with van der Waals surface area (Å²) in [6, 6.07) is 12.7. The first-order valence-corrected chi connectivity index (χ1v) is 17.9. The van der Waals surface area contributed by atoms with Gasteiger partial charge in [0.2, 0.25) is 5.16 Å². The highest BCUT2D eigenvalue weighted by Gasteiger charge is 2.54. The van der Waals surface area contributed by atoms with E-state index in [2.05, 4.69) is 26.2 Å². The third-order valence-electron chi connectivity index (χ3n) is 7.63. The molecule has 1 fully saturated rings. The van der Waals surface area contributed by atoms with Gasteiger partial charge in [-0.2, -0.15) is 0 Å². The van der Waals surface area contributed by atoms with Crippen molar-refractivity contribution < 1.29 is 44.4 Å². The number of ketones is 1. The molecule has 2 aliphatic rings. The summed E-state index contributed by atoms with van der Waals surface area (Å²) < 4.78 is 1.48. The van der Waals surface area contributed by atoms with Crippen LogP contribution in [0.5, 0.6) is 0 Å². The molecule has 6 N–H and O–H groups in total. The van der Waals surface area contributed by atoms with E-state index >= 15 is 0 Å². The Morgan fingerprint density at radius 3 is 2.25 bits per heavy atom. The molecular weight excluding hydrogens is 749 g/mol. The number of fused-ring (bicyclic) bond motifs is 1. The van der Waals surface area contributed by atoms with Crippen molar-refractivity contribution in [2.45, 2.75) is 46.6 Å². The number of aryl methyl sites for hydroxylation is 1. The monoisotopic (exact) mass is 781 g/mol. The van der Waals surface area contributed by atoms with Gasteiger partial charge in [-0.15, -0.1) is 16.9 Å². The number of nitrogens with zero attached hydrogens (tertiary/aromatic N) is 5. The van der Waals surface area contributed by atoms with Crippen molar-refractivity contribution in [1.82, 2.24) is 35.7 Å². The number of carbonyl (C=O) groups is 5. The molecule has 0 spiro atoms. The lowest BCUT2D eigenvalue weighted by molar-refractivity contribution is -0.151. The first-order valence-electron chi connectivity index (χ1n) is 15.0. The zero-order chi connectivity index (χ0) is 37.4. The number of aliphatic hydroxyl groups is 3. The summed E-state index contributed by atoms with van der Waals surface area (Å²) in [5.74, 6) is -2.55. The smallest absolute Gasteiger partial charge is 0.352 e. The van der Waals surface area contributed by atoms with Crippen LogP contribution in [0.2, 0.25) is 0 Å². The summed E-state index contributed by atoms with van der Waals surface area (Å²) in [5, 5.41) is 55.3. The third-order valence-corrected chi connectivity index (χ3v) is 10.5. The highest BCUT2D eigenvalue weighted by Crippen LogP contribution is 2.41. The lowest BCUT2D eigenvalue weighted by Gasteiger charge is -2.49. The Labute approximate surface area is 309 Å². The van der Waals surface area contributed by atoms with Gasteiger partial charge in [-0.3, -0.25) is 24.1 Å². The van der Waals surface area contributed by atoms with Gasteiger partial charge in [-0.05, 0) is 34.1 Å². The summed E-state index contributed by atoms with van der Waals surface area (Å²) in [7, 11) is 1.68. The Morgan fingerprint density at radius 1 is 1.04 bits per heavy atom. The number of halogens is 2. The van der Waals surface area contributed by atoms with Crippen LogP contribution in [0.1, 0.15) is 40.6 Å². The van der Waals surface area contributed by atoms with E-state index in [1.54, 1.807) is 61.6 Å². The van der Waals surface area contributed by atoms with Crippen LogP contribution in [-0.2, 0) is 26.2 Å². The molecule has 0 aliphatic carbocycles. The molecule has 1 aromatic heterocycles. The number of aromatic nitrogens is 4. The summed E-state index contributed by atoms with van der Waals surface area (Å²) in [5.41, 5.74) is 1.86. The van der Waals surface area contributed by atoms with Crippen molar-refractivity contribution in [1.29, 1.82) is 0 Å². The number of carboxylic acids is 1. The summed E-state index contributed by atoms with van der Waals surface area (Å²) in [6.07, 6.45) is -2.56. The van der Waals surface area contributed by atoms with Crippen LogP contribution in [-0.4, -0.2) is 115 Å². The number of aliphatic hydroxyl groups excluding tert-OH is 3. The number of amides is 3. The number of thioether (sulfide) groups is 2. The molecule has 16 nitrogen and oxygen atoms in total. The van der Waals surface area contributed by atoms with Crippen molar-refractivity contribution in [3.63, 3.8) is 0 Å².